The summed E-state index contributed by atoms with van der Waals surface area (Å²) in [7, 11) is 1.60. The van der Waals surface area contributed by atoms with Gasteiger partial charge in [-0.2, -0.15) is 0 Å². The SMILES string of the molecule is COCCNC(=O)CCNC(=NCC(C)C)NN. The van der Waals surface area contributed by atoms with Crippen LogP contribution in [0.1, 0.15) is 20.3 Å². The predicted molar refractivity (Wildman–Crippen MR) is 72.0 cm³/mol. The van der Waals surface area contributed by atoms with Gasteiger partial charge in [-0.25, -0.2) is 5.84 Å². The van der Waals surface area contributed by atoms with Crippen LogP contribution in [0, 0.1) is 5.92 Å². The van der Waals surface area contributed by atoms with Crippen LogP contribution in [0.2, 0.25) is 0 Å². The van der Waals surface area contributed by atoms with Gasteiger partial charge in [0.1, 0.15) is 0 Å². The summed E-state index contributed by atoms with van der Waals surface area (Å²) in [6, 6.07) is 0. The van der Waals surface area contributed by atoms with Gasteiger partial charge in [-0.15, -0.1) is 0 Å². The van der Waals surface area contributed by atoms with E-state index in [2.05, 4.69) is 34.9 Å². The highest BCUT2D eigenvalue weighted by molar-refractivity contribution is 5.80. The second-order valence-corrected chi connectivity index (χ2v) is 4.25. The van der Waals surface area contributed by atoms with Crippen LogP contribution in [0.3, 0.4) is 0 Å². The van der Waals surface area contributed by atoms with E-state index in [1.54, 1.807) is 7.11 Å². The fourth-order valence-electron chi connectivity index (χ4n) is 1.10. The summed E-state index contributed by atoms with van der Waals surface area (Å²) >= 11 is 0. The molecule has 0 atom stereocenters. The largest absolute Gasteiger partial charge is 0.383 e. The van der Waals surface area contributed by atoms with Gasteiger partial charge in [-0.3, -0.25) is 15.2 Å². The van der Waals surface area contributed by atoms with Gasteiger partial charge in [-0.1, -0.05) is 13.8 Å². The molecule has 0 aromatic heterocycles. The molecule has 0 aliphatic heterocycles. The molecule has 5 N–H and O–H groups in total. The van der Waals surface area contributed by atoms with Crippen molar-refractivity contribution in [3.05, 3.63) is 0 Å². The Morgan fingerprint density at radius 2 is 2.06 bits per heavy atom. The molecule has 0 aliphatic rings. The lowest BCUT2D eigenvalue weighted by Crippen LogP contribution is -2.43. The molecule has 0 aromatic carbocycles. The molecule has 7 nitrogen and oxygen atoms in total. The van der Waals surface area contributed by atoms with Crippen molar-refractivity contribution in [2.75, 3.05) is 33.4 Å². The Balaban J connectivity index is 3.73. The molecule has 0 unspecified atom stereocenters. The van der Waals surface area contributed by atoms with Gasteiger partial charge >= 0.3 is 0 Å². The number of hydrogen-bond donors (Lipinski definition) is 4. The van der Waals surface area contributed by atoms with Crippen molar-refractivity contribution >= 4 is 11.9 Å². The normalized spacial score (nSPS) is 11.5. The summed E-state index contributed by atoms with van der Waals surface area (Å²) in [5, 5.41) is 5.70. The highest BCUT2D eigenvalue weighted by Gasteiger charge is 2.01. The van der Waals surface area contributed by atoms with E-state index in [-0.39, 0.29) is 5.91 Å². The maximum atomic E-state index is 11.4. The van der Waals surface area contributed by atoms with E-state index < -0.39 is 0 Å². The minimum Gasteiger partial charge on any atom is -0.383 e. The van der Waals surface area contributed by atoms with Crippen molar-refractivity contribution in [2.24, 2.45) is 16.8 Å². The first kappa shape index (κ1) is 16.7. The second kappa shape index (κ2) is 10.8. The number of nitrogens with two attached hydrogens (primary N) is 1. The summed E-state index contributed by atoms with van der Waals surface area (Å²) < 4.78 is 4.83. The zero-order chi connectivity index (χ0) is 13.8. The summed E-state index contributed by atoms with van der Waals surface area (Å²) in [5.74, 6) is 6.26. The Labute approximate surface area is 109 Å². The van der Waals surface area contributed by atoms with Crippen LogP contribution >= 0.6 is 0 Å². The molecule has 106 valence electrons. The van der Waals surface area contributed by atoms with Gasteiger partial charge in [0.15, 0.2) is 0 Å². The number of aliphatic imine (C=N–C) groups is 1. The number of ether oxygens (including phenoxy) is 1. The monoisotopic (exact) mass is 259 g/mol. The highest BCUT2D eigenvalue weighted by Crippen LogP contribution is 1.90. The molecule has 0 saturated carbocycles. The maximum Gasteiger partial charge on any atom is 0.221 e. The van der Waals surface area contributed by atoms with Gasteiger partial charge < -0.3 is 15.4 Å². The van der Waals surface area contributed by atoms with Crippen molar-refractivity contribution in [3.8, 4) is 0 Å². The Bertz CT molecular complexity index is 256. The Morgan fingerprint density at radius 1 is 1.33 bits per heavy atom. The summed E-state index contributed by atoms with van der Waals surface area (Å²) in [6.45, 7) is 6.36. The minimum absolute atomic E-state index is 0.0280. The minimum atomic E-state index is -0.0280. The number of guanidine groups is 1. The molecule has 0 aromatic rings. The van der Waals surface area contributed by atoms with Crippen molar-refractivity contribution < 1.29 is 9.53 Å². The first-order chi connectivity index (χ1) is 8.60. The third kappa shape index (κ3) is 9.86. The average Bonchev–Trinajstić information content (AvgIpc) is 2.33. The van der Waals surface area contributed by atoms with E-state index in [9.17, 15) is 4.79 Å². The maximum absolute atomic E-state index is 11.4. The van der Waals surface area contributed by atoms with E-state index in [1.165, 1.54) is 0 Å². The summed E-state index contributed by atoms with van der Waals surface area (Å²) in [6.07, 6.45) is 0.367. The second-order valence-electron chi connectivity index (χ2n) is 4.25. The molecule has 0 radical (unpaired) electrons. The van der Waals surface area contributed by atoms with E-state index in [0.29, 0.717) is 44.5 Å². The van der Waals surface area contributed by atoms with E-state index in [1.807, 2.05) is 0 Å². The number of hydrazine groups is 1. The number of nitrogens with one attached hydrogen (secondary N) is 3. The Kier molecular flexibility index (Phi) is 9.99. The molecular weight excluding hydrogens is 234 g/mol. The van der Waals surface area contributed by atoms with Crippen LogP contribution in [0.5, 0.6) is 0 Å². The fraction of sp³-hybridized carbons (Fsp3) is 0.818. The number of hydrogen-bond acceptors (Lipinski definition) is 4. The van der Waals surface area contributed by atoms with E-state index in [4.69, 9.17) is 10.6 Å². The molecule has 1 amide bonds. The third-order valence-electron chi connectivity index (χ3n) is 2.02. The van der Waals surface area contributed by atoms with Crippen LogP contribution in [0.4, 0.5) is 0 Å². The van der Waals surface area contributed by atoms with Gasteiger partial charge in [0.25, 0.3) is 0 Å². The van der Waals surface area contributed by atoms with Gasteiger partial charge in [0, 0.05) is 33.2 Å². The lowest BCUT2D eigenvalue weighted by atomic mass is 10.2. The quantitative estimate of drug-likeness (QED) is 0.150. The van der Waals surface area contributed by atoms with Crippen LogP contribution in [-0.2, 0) is 9.53 Å². The zero-order valence-electron chi connectivity index (χ0n) is 11.5. The molecule has 0 heterocycles. The number of nitrogens with zero attached hydrogens (tertiary/aromatic N) is 1. The molecule has 0 aliphatic carbocycles. The highest BCUT2D eigenvalue weighted by atomic mass is 16.5. The van der Waals surface area contributed by atoms with Crippen LogP contribution in [0.15, 0.2) is 4.99 Å². The smallest absolute Gasteiger partial charge is 0.221 e. The zero-order valence-corrected chi connectivity index (χ0v) is 11.5. The molecule has 18 heavy (non-hydrogen) atoms. The van der Waals surface area contributed by atoms with Crippen LogP contribution in [-0.4, -0.2) is 45.2 Å². The number of carbonyl (C=O) groups is 1. The molecule has 0 fully saturated rings. The molecular formula is C11H25N5O2. The van der Waals surface area contributed by atoms with E-state index >= 15 is 0 Å². The number of rotatable bonds is 8. The molecule has 0 bridgehead atoms. The number of methoxy groups -OCH3 is 1. The third-order valence-corrected chi connectivity index (χ3v) is 2.02. The summed E-state index contributed by atoms with van der Waals surface area (Å²) in [4.78, 5) is 15.6. The van der Waals surface area contributed by atoms with Gasteiger partial charge in [0.05, 0.1) is 6.61 Å². The van der Waals surface area contributed by atoms with Gasteiger partial charge in [0.2, 0.25) is 11.9 Å². The van der Waals surface area contributed by atoms with Crippen molar-refractivity contribution in [1.82, 2.24) is 16.1 Å². The van der Waals surface area contributed by atoms with Crippen LogP contribution in [0.25, 0.3) is 0 Å². The summed E-state index contributed by atoms with van der Waals surface area (Å²) in [5.41, 5.74) is 2.47. The number of amides is 1. The predicted octanol–water partition coefficient (Wildman–Crippen LogP) is -0.796. The molecule has 0 spiro atoms. The first-order valence-electron chi connectivity index (χ1n) is 6.10. The Hall–Kier alpha value is -1.34. The lowest BCUT2D eigenvalue weighted by molar-refractivity contribution is -0.121. The van der Waals surface area contributed by atoms with E-state index in [0.717, 1.165) is 0 Å². The number of carbonyl (C=O) groups excluding carboxylic acids is 1. The standard InChI is InChI=1S/C11H25N5O2/c1-9(2)8-15-11(16-12)14-5-4-10(17)13-6-7-18-3/h9H,4-8,12H2,1-3H3,(H,13,17)(H2,14,15,16). The van der Waals surface area contributed by atoms with Gasteiger partial charge in [-0.05, 0) is 5.92 Å². The van der Waals surface area contributed by atoms with Crippen molar-refractivity contribution in [2.45, 2.75) is 20.3 Å². The fourth-order valence-corrected chi connectivity index (χ4v) is 1.10. The first-order valence-corrected chi connectivity index (χ1v) is 6.10. The van der Waals surface area contributed by atoms with Crippen LogP contribution < -0.4 is 21.9 Å². The molecule has 0 saturated heterocycles. The average molecular weight is 259 g/mol. The van der Waals surface area contributed by atoms with Crippen molar-refractivity contribution in [3.63, 3.8) is 0 Å². The molecule has 7 heteroatoms. The molecule has 0 rings (SSSR count). The Morgan fingerprint density at radius 3 is 2.61 bits per heavy atom. The van der Waals surface area contributed by atoms with Crippen molar-refractivity contribution in [1.29, 1.82) is 0 Å². The topological polar surface area (TPSA) is 101 Å². The lowest BCUT2D eigenvalue weighted by Gasteiger charge is -2.10.